The van der Waals surface area contributed by atoms with Gasteiger partial charge in [0.1, 0.15) is 6.04 Å². The van der Waals surface area contributed by atoms with Gasteiger partial charge in [-0.15, -0.1) is 0 Å². The van der Waals surface area contributed by atoms with Crippen molar-refractivity contribution in [3.8, 4) is 0 Å². The largest absolute Gasteiger partial charge is 0.378 e. The minimum atomic E-state index is -0.586. The van der Waals surface area contributed by atoms with E-state index in [0.29, 0.717) is 13.1 Å². The number of nitrogens with zero attached hydrogens (tertiary/aromatic N) is 2. The number of nitrogens with one attached hydrogen (secondary N) is 2. The fraction of sp³-hybridized carbons (Fsp3) is 0.391. The fourth-order valence-electron chi connectivity index (χ4n) is 2.97. The quantitative estimate of drug-likeness (QED) is 0.720. The van der Waals surface area contributed by atoms with Crippen LogP contribution in [0.15, 0.2) is 54.6 Å². The summed E-state index contributed by atoms with van der Waals surface area (Å²) < 4.78 is 0. The van der Waals surface area contributed by atoms with Crippen LogP contribution in [-0.2, 0) is 17.9 Å². The number of hydrogen-bond donors (Lipinski definition) is 2. The van der Waals surface area contributed by atoms with Gasteiger partial charge in [-0.2, -0.15) is 0 Å². The lowest BCUT2D eigenvalue weighted by Crippen LogP contribution is -2.52. The van der Waals surface area contributed by atoms with E-state index >= 15 is 0 Å². The molecule has 0 saturated heterocycles. The van der Waals surface area contributed by atoms with Crippen LogP contribution in [0.5, 0.6) is 0 Å². The Kier molecular flexibility index (Phi) is 8.07. The molecule has 0 aliphatic rings. The summed E-state index contributed by atoms with van der Waals surface area (Å²) >= 11 is 0. The molecule has 0 radical (unpaired) electrons. The first-order chi connectivity index (χ1) is 13.8. The molecule has 2 N–H and O–H groups in total. The van der Waals surface area contributed by atoms with Gasteiger partial charge in [0, 0.05) is 39.9 Å². The van der Waals surface area contributed by atoms with Crippen molar-refractivity contribution in [3.63, 3.8) is 0 Å². The summed E-state index contributed by atoms with van der Waals surface area (Å²) in [6.07, 6.45) is 0. The zero-order valence-electron chi connectivity index (χ0n) is 18.0. The Balaban J connectivity index is 1.93. The maximum Gasteiger partial charge on any atom is 0.315 e. The van der Waals surface area contributed by atoms with Crippen LogP contribution in [0.4, 0.5) is 10.5 Å². The van der Waals surface area contributed by atoms with Gasteiger partial charge in [-0.05, 0) is 29.2 Å². The summed E-state index contributed by atoms with van der Waals surface area (Å²) in [5.74, 6) is -0.130. The van der Waals surface area contributed by atoms with Crippen molar-refractivity contribution in [2.45, 2.75) is 33.0 Å². The zero-order valence-corrected chi connectivity index (χ0v) is 18.0. The van der Waals surface area contributed by atoms with Crippen molar-refractivity contribution in [1.82, 2.24) is 15.5 Å². The molecular weight excluding hydrogens is 364 g/mol. The Morgan fingerprint density at radius 2 is 1.52 bits per heavy atom. The Hall–Kier alpha value is -3.02. The van der Waals surface area contributed by atoms with E-state index in [1.165, 1.54) is 0 Å². The molecule has 29 heavy (non-hydrogen) atoms. The van der Waals surface area contributed by atoms with Crippen LogP contribution in [0, 0.1) is 5.92 Å². The molecule has 3 amide bonds. The smallest absolute Gasteiger partial charge is 0.315 e. The standard InChI is InChI=1S/C23H32N4O2/c1-17(2)21(25-23(29)24-15-18-9-7-6-8-10-18)22(28)27(5)16-19-11-13-20(14-12-19)26(3)4/h6-14,17,21H,15-16H2,1-5H3,(H2,24,25,29). The third-order valence-electron chi connectivity index (χ3n) is 4.76. The monoisotopic (exact) mass is 396 g/mol. The Labute approximate surface area is 173 Å². The van der Waals surface area contributed by atoms with Gasteiger partial charge < -0.3 is 20.4 Å². The van der Waals surface area contributed by atoms with E-state index in [1.54, 1.807) is 11.9 Å². The zero-order chi connectivity index (χ0) is 21.4. The molecule has 0 aliphatic carbocycles. The van der Waals surface area contributed by atoms with Crippen LogP contribution in [0.2, 0.25) is 0 Å². The van der Waals surface area contributed by atoms with E-state index in [4.69, 9.17) is 0 Å². The number of rotatable bonds is 8. The predicted octanol–water partition coefficient (Wildman–Crippen LogP) is 3.24. The molecule has 0 spiro atoms. The SMILES string of the molecule is CC(C)C(NC(=O)NCc1ccccc1)C(=O)N(C)Cc1ccc(N(C)C)cc1. The molecule has 0 aromatic heterocycles. The summed E-state index contributed by atoms with van der Waals surface area (Å²) in [6, 6.07) is 16.8. The van der Waals surface area contributed by atoms with Crippen LogP contribution < -0.4 is 15.5 Å². The molecule has 156 valence electrons. The predicted molar refractivity (Wildman–Crippen MR) is 118 cm³/mol. The van der Waals surface area contributed by atoms with E-state index in [9.17, 15) is 9.59 Å². The molecule has 1 unspecified atom stereocenters. The van der Waals surface area contributed by atoms with Crippen LogP contribution in [0.3, 0.4) is 0 Å². The number of hydrogen-bond acceptors (Lipinski definition) is 3. The first-order valence-electron chi connectivity index (χ1n) is 9.87. The highest BCUT2D eigenvalue weighted by molar-refractivity contribution is 5.87. The Morgan fingerprint density at radius 1 is 0.897 bits per heavy atom. The van der Waals surface area contributed by atoms with Gasteiger partial charge in [0.15, 0.2) is 0 Å². The van der Waals surface area contributed by atoms with Crippen molar-refractivity contribution in [2.75, 3.05) is 26.0 Å². The van der Waals surface area contributed by atoms with Gasteiger partial charge in [0.25, 0.3) is 0 Å². The molecule has 2 rings (SSSR count). The average molecular weight is 397 g/mol. The number of benzene rings is 2. The van der Waals surface area contributed by atoms with Crippen LogP contribution in [0.25, 0.3) is 0 Å². The van der Waals surface area contributed by atoms with E-state index in [2.05, 4.69) is 10.6 Å². The van der Waals surface area contributed by atoms with Gasteiger partial charge in [-0.1, -0.05) is 56.3 Å². The lowest BCUT2D eigenvalue weighted by atomic mass is 10.0. The topological polar surface area (TPSA) is 64.7 Å². The van der Waals surface area contributed by atoms with Crippen LogP contribution in [-0.4, -0.2) is 44.0 Å². The summed E-state index contributed by atoms with van der Waals surface area (Å²) in [7, 11) is 5.75. The molecule has 0 heterocycles. The maximum absolute atomic E-state index is 12.9. The van der Waals surface area contributed by atoms with Crippen LogP contribution in [0.1, 0.15) is 25.0 Å². The van der Waals surface area contributed by atoms with Gasteiger partial charge in [-0.3, -0.25) is 4.79 Å². The number of anilines is 1. The van der Waals surface area contributed by atoms with Gasteiger partial charge >= 0.3 is 6.03 Å². The maximum atomic E-state index is 12.9. The first-order valence-corrected chi connectivity index (χ1v) is 9.87. The van der Waals surface area contributed by atoms with Gasteiger partial charge in [0.2, 0.25) is 5.91 Å². The molecule has 6 heteroatoms. The molecule has 6 nitrogen and oxygen atoms in total. The average Bonchev–Trinajstić information content (AvgIpc) is 2.71. The normalized spacial score (nSPS) is 11.7. The Morgan fingerprint density at radius 3 is 2.07 bits per heavy atom. The van der Waals surface area contributed by atoms with Crippen molar-refractivity contribution in [1.29, 1.82) is 0 Å². The minimum Gasteiger partial charge on any atom is -0.378 e. The third-order valence-corrected chi connectivity index (χ3v) is 4.76. The van der Waals surface area contributed by atoms with Crippen molar-refractivity contribution in [3.05, 3.63) is 65.7 Å². The van der Waals surface area contributed by atoms with Crippen molar-refractivity contribution < 1.29 is 9.59 Å². The van der Waals surface area contributed by atoms with E-state index in [0.717, 1.165) is 16.8 Å². The molecule has 0 fully saturated rings. The molecule has 0 saturated carbocycles. The second-order valence-corrected chi connectivity index (χ2v) is 7.79. The Bertz CT molecular complexity index is 788. The second-order valence-electron chi connectivity index (χ2n) is 7.79. The highest BCUT2D eigenvalue weighted by Crippen LogP contribution is 2.14. The molecule has 0 aliphatic heterocycles. The molecule has 2 aromatic rings. The number of likely N-dealkylation sites (N-methyl/N-ethyl adjacent to an activating group) is 1. The van der Waals surface area contributed by atoms with E-state index in [1.807, 2.05) is 87.4 Å². The molecular formula is C23H32N4O2. The number of amides is 3. The summed E-state index contributed by atoms with van der Waals surface area (Å²) in [6.45, 7) is 4.77. The number of carbonyl (C=O) groups excluding carboxylic acids is 2. The van der Waals surface area contributed by atoms with E-state index < -0.39 is 6.04 Å². The summed E-state index contributed by atoms with van der Waals surface area (Å²) in [5.41, 5.74) is 3.16. The van der Waals surface area contributed by atoms with E-state index in [-0.39, 0.29) is 17.9 Å². The number of urea groups is 1. The van der Waals surface area contributed by atoms with Crippen molar-refractivity contribution in [2.24, 2.45) is 5.92 Å². The lowest BCUT2D eigenvalue weighted by Gasteiger charge is -2.27. The second kappa shape index (κ2) is 10.5. The summed E-state index contributed by atoms with van der Waals surface area (Å²) in [4.78, 5) is 29.0. The molecule has 1 atom stereocenters. The van der Waals surface area contributed by atoms with Crippen molar-refractivity contribution >= 4 is 17.6 Å². The van der Waals surface area contributed by atoms with Gasteiger partial charge in [0.05, 0.1) is 0 Å². The third kappa shape index (κ3) is 6.82. The van der Waals surface area contributed by atoms with Crippen LogP contribution >= 0.6 is 0 Å². The first kappa shape index (κ1) is 22.3. The highest BCUT2D eigenvalue weighted by Gasteiger charge is 2.27. The molecule has 2 aromatic carbocycles. The minimum absolute atomic E-state index is 0.0245. The fourth-order valence-corrected chi connectivity index (χ4v) is 2.97. The lowest BCUT2D eigenvalue weighted by molar-refractivity contribution is -0.133. The highest BCUT2D eigenvalue weighted by atomic mass is 16.2. The molecule has 0 bridgehead atoms. The van der Waals surface area contributed by atoms with Gasteiger partial charge in [-0.25, -0.2) is 4.79 Å². The number of carbonyl (C=O) groups is 2. The summed E-state index contributed by atoms with van der Waals surface area (Å²) in [5, 5.41) is 5.65.